The van der Waals surface area contributed by atoms with Gasteiger partial charge in [0.05, 0.1) is 12.7 Å². The smallest absolute Gasteiger partial charge is 0.337 e. The molecule has 0 atom stereocenters. The number of carbonyl (C=O) groups is 3. The Labute approximate surface area is 181 Å². The zero-order chi connectivity index (χ0) is 21.4. The number of esters is 1. The van der Waals surface area contributed by atoms with E-state index in [2.05, 4.69) is 36.8 Å². The van der Waals surface area contributed by atoms with Crippen molar-refractivity contribution in [2.75, 3.05) is 13.7 Å². The zero-order valence-corrected chi connectivity index (χ0v) is 18.0. The maximum Gasteiger partial charge on any atom is 0.337 e. The van der Waals surface area contributed by atoms with Gasteiger partial charge in [0, 0.05) is 10.0 Å². The van der Waals surface area contributed by atoms with Crippen LogP contribution in [0.1, 0.15) is 26.3 Å². The van der Waals surface area contributed by atoms with Crippen molar-refractivity contribution in [1.82, 2.24) is 16.2 Å². The first-order valence-electron chi connectivity index (χ1n) is 8.27. The Bertz CT molecular complexity index is 934. The van der Waals surface area contributed by atoms with Crippen LogP contribution in [-0.2, 0) is 9.53 Å². The Balaban J connectivity index is 1.77. The average molecular weight is 480 g/mol. The number of aryl methyl sites for hydroxylation is 1. The molecule has 0 saturated carbocycles. The van der Waals surface area contributed by atoms with Crippen molar-refractivity contribution in [1.29, 1.82) is 0 Å². The number of ether oxygens (including phenoxy) is 2. The Morgan fingerprint density at radius 1 is 1.03 bits per heavy atom. The molecule has 29 heavy (non-hydrogen) atoms. The molecule has 0 aliphatic carbocycles. The van der Waals surface area contributed by atoms with Gasteiger partial charge in [0.2, 0.25) is 0 Å². The highest BCUT2D eigenvalue weighted by Gasteiger charge is 2.11. The first-order chi connectivity index (χ1) is 13.8. The Morgan fingerprint density at radius 3 is 2.31 bits per heavy atom. The lowest BCUT2D eigenvalue weighted by molar-refractivity contribution is -0.123. The van der Waals surface area contributed by atoms with Crippen LogP contribution in [0.15, 0.2) is 46.9 Å². The number of thiocarbonyl (C=S) groups is 1. The molecule has 0 radical (unpaired) electrons. The molecule has 2 aromatic rings. The van der Waals surface area contributed by atoms with E-state index >= 15 is 0 Å². The molecule has 0 fully saturated rings. The van der Waals surface area contributed by atoms with Gasteiger partial charge in [-0.15, -0.1) is 0 Å². The molecule has 0 saturated heterocycles. The van der Waals surface area contributed by atoms with E-state index in [1.54, 1.807) is 12.1 Å². The van der Waals surface area contributed by atoms with Gasteiger partial charge in [-0.1, -0.05) is 15.9 Å². The van der Waals surface area contributed by atoms with Crippen molar-refractivity contribution in [2.24, 2.45) is 0 Å². The summed E-state index contributed by atoms with van der Waals surface area (Å²) in [5.41, 5.74) is 6.23. The highest BCUT2D eigenvalue weighted by Crippen LogP contribution is 2.21. The number of nitrogens with one attached hydrogen (secondary N) is 3. The maximum atomic E-state index is 12.1. The molecule has 0 bridgehead atoms. The van der Waals surface area contributed by atoms with Gasteiger partial charge in [-0.05, 0) is 67.2 Å². The second-order valence-corrected chi connectivity index (χ2v) is 7.05. The fraction of sp³-hybridized carbons (Fsp3) is 0.158. The van der Waals surface area contributed by atoms with Crippen molar-refractivity contribution in [3.8, 4) is 5.75 Å². The number of hydrogen-bond donors (Lipinski definition) is 3. The summed E-state index contributed by atoms with van der Waals surface area (Å²) in [5.74, 6) is -0.909. The third kappa shape index (κ3) is 6.84. The predicted molar refractivity (Wildman–Crippen MR) is 113 cm³/mol. The summed E-state index contributed by atoms with van der Waals surface area (Å²) in [6, 6.07) is 11.3. The van der Waals surface area contributed by atoms with Gasteiger partial charge >= 0.3 is 5.97 Å². The molecule has 2 aromatic carbocycles. The second-order valence-electron chi connectivity index (χ2n) is 5.72. The average Bonchev–Trinajstić information content (AvgIpc) is 2.71. The van der Waals surface area contributed by atoms with Crippen LogP contribution in [0.3, 0.4) is 0 Å². The third-order valence-electron chi connectivity index (χ3n) is 3.61. The SMILES string of the molecule is COC(=O)c1ccc(C(=O)NC(=S)NNC(=O)COc2ccc(Br)cc2C)cc1. The third-order valence-corrected chi connectivity index (χ3v) is 4.30. The van der Waals surface area contributed by atoms with E-state index < -0.39 is 17.8 Å². The van der Waals surface area contributed by atoms with E-state index in [9.17, 15) is 14.4 Å². The Kier molecular flexibility index (Phi) is 8.10. The number of carbonyl (C=O) groups excluding carboxylic acids is 3. The molecule has 0 aromatic heterocycles. The maximum absolute atomic E-state index is 12.1. The first-order valence-corrected chi connectivity index (χ1v) is 9.47. The van der Waals surface area contributed by atoms with Crippen molar-refractivity contribution in [3.63, 3.8) is 0 Å². The minimum atomic E-state index is -0.505. The van der Waals surface area contributed by atoms with Crippen molar-refractivity contribution < 1.29 is 23.9 Å². The van der Waals surface area contributed by atoms with Gasteiger partial charge in [-0.3, -0.25) is 25.8 Å². The monoisotopic (exact) mass is 479 g/mol. The normalized spacial score (nSPS) is 9.90. The van der Waals surface area contributed by atoms with Gasteiger partial charge in [0.1, 0.15) is 5.75 Å². The molecule has 2 amide bonds. The fourth-order valence-electron chi connectivity index (χ4n) is 2.16. The van der Waals surface area contributed by atoms with E-state index in [1.165, 1.54) is 31.4 Å². The molecule has 0 heterocycles. The molecule has 10 heteroatoms. The predicted octanol–water partition coefficient (Wildman–Crippen LogP) is 2.26. The molecule has 0 aliphatic rings. The number of hydrogen-bond acceptors (Lipinski definition) is 6. The lowest BCUT2D eigenvalue weighted by Crippen LogP contribution is -2.49. The summed E-state index contributed by atoms with van der Waals surface area (Å²) < 4.78 is 10.9. The zero-order valence-electron chi connectivity index (χ0n) is 15.6. The number of halogens is 1. The van der Waals surface area contributed by atoms with Crippen LogP contribution < -0.4 is 20.9 Å². The van der Waals surface area contributed by atoms with Gasteiger partial charge in [0.15, 0.2) is 11.7 Å². The molecule has 3 N–H and O–H groups in total. The first kappa shape index (κ1) is 22.3. The van der Waals surface area contributed by atoms with Gasteiger partial charge in [0.25, 0.3) is 11.8 Å². The van der Waals surface area contributed by atoms with E-state index in [1.807, 2.05) is 13.0 Å². The van der Waals surface area contributed by atoms with Crippen LogP contribution in [0.25, 0.3) is 0 Å². The quantitative estimate of drug-likeness (QED) is 0.343. The van der Waals surface area contributed by atoms with Crippen LogP contribution in [0, 0.1) is 6.92 Å². The Morgan fingerprint density at radius 2 is 1.69 bits per heavy atom. The number of hydrazine groups is 1. The standard InChI is InChI=1S/C19H18BrN3O5S/c1-11-9-14(20)7-8-15(11)28-10-16(24)22-23-19(29)21-17(25)12-3-5-13(6-4-12)18(26)27-2/h3-9H,10H2,1-2H3,(H,22,24)(H2,21,23,25,29). The molecular formula is C19H18BrN3O5S. The molecule has 152 valence electrons. The minimum Gasteiger partial charge on any atom is -0.483 e. The number of methoxy groups -OCH3 is 1. The largest absolute Gasteiger partial charge is 0.483 e. The summed E-state index contributed by atoms with van der Waals surface area (Å²) in [7, 11) is 1.27. The van der Waals surface area contributed by atoms with Crippen LogP contribution in [0.5, 0.6) is 5.75 Å². The van der Waals surface area contributed by atoms with Crippen LogP contribution in [-0.4, -0.2) is 36.6 Å². The van der Waals surface area contributed by atoms with Crippen molar-refractivity contribution in [2.45, 2.75) is 6.92 Å². The van der Waals surface area contributed by atoms with Crippen molar-refractivity contribution in [3.05, 3.63) is 63.6 Å². The fourth-order valence-corrected chi connectivity index (χ4v) is 2.78. The lowest BCUT2D eigenvalue weighted by atomic mass is 10.1. The van der Waals surface area contributed by atoms with E-state index in [4.69, 9.17) is 17.0 Å². The molecule has 8 nitrogen and oxygen atoms in total. The van der Waals surface area contributed by atoms with Gasteiger partial charge < -0.3 is 9.47 Å². The Hall–Kier alpha value is -2.98. The number of benzene rings is 2. The highest BCUT2D eigenvalue weighted by atomic mass is 79.9. The van der Waals surface area contributed by atoms with E-state index in [0.717, 1.165) is 10.0 Å². The highest BCUT2D eigenvalue weighted by molar-refractivity contribution is 9.10. The summed E-state index contributed by atoms with van der Waals surface area (Å²) in [6.07, 6.45) is 0. The van der Waals surface area contributed by atoms with E-state index in [-0.39, 0.29) is 17.3 Å². The lowest BCUT2D eigenvalue weighted by Gasteiger charge is -2.12. The number of amides is 2. The summed E-state index contributed by atoms with van der Waals surface area (Å²) in [6.45, 7) is 1.62. The number of rotatable bonds is 5. The molecule has 2 rings (SSSR count). The van der Waals surface area contributed by atoms with Gasteiger partial charge in [-0.2, -0.15) is 0 Å². The van der Waals surface area contributed by atoms with E-state index in [0.29, 0.717) is 11.3 Å². The molecule has 0 aliphatic heterocycles. The van der Waals surface area contributed by atoms with Gasteiger partial charge in [-0.25, -0.2) is 4.79 Å². The van der Waals surface area contributed by atoms with Crippen LogP contribution >= 0.6 is 28.1 Å². The second kappa shape index (κ2) is 10.5. The summed E-state index contributed by atoms with van der Waals surface area (Å²) in [4.78, 5) is 35.4. The molecule has 0 spiro atoms. The van der Waals surface area contributed by atoms with Crippen LogP contribution in [0.2, 0.25) is 0 Å². The molecular weight excluding hydrogens is 462 g/mol. The van der Waals surface area contributed by atoms with Crippen LogP contribution in [0.4, 0.5) is 0 Å². The topological polar surface area (TPSA) is 106 Å². The van der Waals surface area contributed by atoms with Crippen molar-refractivity contribution >= 4 is 51.0 Å². The summed E-state index contributed by atoms with van der Waals surface area (Å²) in [5, 5.41) is 2.31. The minimum absolute atomic E-state index is 0.0970. The molecule has 0 unspecified atom stereocenters. The summed E-state index contributed by atoms with van der Waals surface area (Å²) >= 11 is 8.32.